The van der Waals surface area contributed by atoms with Crippen LogP contribution in [0.25, 0.3) is 0 Å². The molecule has 1 heterocycles. The molecule has 1 fully saturated rings. The quantitative estimate of drug-likeness (QED) is 0.284. The third-order valence-corrected chi connectivity index (χ3v) is 7.85. The first-order valence-corrected chi connectivity index (χ1v) is 13.5. The van der Waals surface area contributed by atoms with Gasteiger partial charge in [-0.1, -0.05) is 30.3 Å². The SMILES string of the molecule is COCC1=C(C(C)=O)C(c2cc(F)c(F)c(F)c2)N(N(C=O)CCN[C@H]2CC[C@@](C#N)(c3ccccc3)CC2)C(=O)N1.Cl. The van der Waals surface area contributed by atoms with E-state index in [0.29, 0.717) is 44.2 Å². The van der Waals surface area contributed by atoms with E-state index in [1.165, 1.54) is 14.0 Å². The second-order valence-corrected chi connectivity index (χ2v) is 10.4. The number of nitrogens with one attached hydrogen (secondary N) is 2. The number of hydrogen-bond donors (Lipinski definition) is 2. The zero-order valence-corrected chi connectivity index (χ0v) is 24.6. The lowest BCUT2D eigenvalue weighted by molar-refractivity contribution is -0.133. The van der Waals surface area contributed by atoms with Crippen molar-refractivity contribution >= 4 is 30.6 Å². The number of ether oxygens (including phenoxy) is 1. The number of carbonyl (C=O) groups excluding carboxylic acids is 3. The van der Waals surface area contributed by atoms with Crippen LogP contribution >= 0.6 is 12.4 Å². The van der Waals surface area contributed by atoms with Crippen molar-refractivity contribution in [3.8, 4) is 6.07 Å². The van der Waals surface area contributed by atoms with Crippen molar-refractivity contribution in [2.75, 3.05) is 26.8 Å². The van der Waals surface area contributed by atoms with E-state index in [1.54, 1.807) is 0 Å². The van der Waals surface area contributed by atoms with Gasteiger partial charge in [-0.3, -0.25) is 14.6 Å². The number of ketones is 1. The van der Waals surface area contributed by atoms with Gasteiger partial charge in [-0.2, -0.15) is 5.26 Å². The van der Waals surface area contributed by atoms with E-state index in [2.05, 4.69) is 16.7 Å². The van der Waals surface area contributed by atoms with Gasteiger partial charge in [0.1, 0.15) is 6.04 Å². The Morgan fingerprint density at radius 1 is 1.21 bits per heavy atom. The number of nitriles is 1. The van der Waals surface area contributed by atoms with Crippen molar-refractivity contribution in [3.05, 3.63) is 82.3 Å². The third kappa shape index (κ3) is 7.01. The van der Waals surface area contributed by atoms with E-state index < -0.39 is 40.7 Å². The molecular weight excluding hydrogens is 587 g/mol. The summed E-state index contributed by atoms with van der Waals surface area (Å²) in [4.78, 5) is 38.3. The molecule has 2 N–H and O–H groups in total. The smallest absolute Gasteiger partial charge is 0.341 e. The fraction of sp³-hybridized carbons (Fsp3) is 0.400. The Hall–Kier alpha value is -3.92. The molecule has 0 aromatic heterocycles. The highest BCUT2D eigenvalue weighted by molar-refractivity contribution is 5.98. The average Bonchev–Trinajstić information content (AvgIpc) is 2.99. The van der Waals surface area contributed by atoms with Gasteiger partial charge in [0.25, 0.3) is 0 Å². The van der Waals surface area contributed by atoms with Crippen LogP contribution in [0, 0.1) is 28.8 Å². The van der Waals surface area contributed by atoms with Crippen LogP contribution in [0.2, 0.25) is 0 Å². The van der Waals surface area contributed by atoms with E-state index in [0.717, 1.165) is 15.6 Å². The molecule has 1 aliphatic heterocycles. The van der Waals surface area contributed by atoms with Crippen molar-refractivity contribution in [2.24, 2.45) is 0 Å². The summed E-state index contributed by atoms with van der Waals surface area (Å²) in [6.07, 6.45) is 3.09. The number of hydrazine groups is 1. The number of carbonyl (C=O) groups is 3. The number of rotatable bonds is 11. The molecule has 1 unspecified atom stereocenters. The second kappa shape index (κ2) is 14.5. The Balaban J connectivity index is 0.00000506. The fourth-order valence-electron chi connectivity index (χ4n) is 5.76. The van der Waals surface area contributed by atoms with E-state index in [-0.39, 0.29) is 55.0 Å². The average molecular weight is 620 g/mol. The lowest BCUT2D eigenvalue weighted by Gasteiger charge is -2.43. The molecule has 1 atom stereocenters. The molecule has 0 bridgehead atoms. The van der Waals surface area contributed by atoms with Crippen molar-refractivity contribution in [3.63, 3.8) is 0 Å². The van der Waals surface area contributed by atoms with Gasteiger partial charge in [-0.25, -0.2) is 23.0 Å². The summed E-state index contributed by atoms with van der Waals surface area (Å²) < 4.78 is 47.5. The number of urea groups is 1. The summed E-state index contributed by atoms with van der Waals surface area (Å²) in [7, 11) is 1.34. The van der Waals surface area contributed by atoms with Crippen LogP contribution in [0.4, 0.5) is 18.0 Å². The predicted octanol–water partition coefficient (Wildman–Crippen LogP) is 4.45. The molecule has 0 saturated heterocycles. The van der Waals surface area contributed by atoms with Gasteiger partial charge in [0.15, 0.2) is 23.2 Å². The maximum atomic E-state index is 14.3. The van der Waals surface area contributed by atoms with E-state index in [9.17, 15) is 32.8 Å². The Kier molecular flexibility index (Phi) is 11.3. The number of benzene rings is 2. The minimum atomic E-state index is -1.70. The first-order chi connectivity index (χ1) is 20.2. The standard InChI is InChI=1S/C30H32F3N5O4.ClH/c1-19(40)26-25(16-42-2)36-29(41)38(28(26)20-14-23(31)27(33)24(32)15-20)37(18-39)13-12-35-22-8-10-30(17-34,11-9-22)21-6-4-3-5-7-21;/h3-7,14-15,18,22,28,35H,8-13,16H2,1-2H3,(H,36,41);1H/t22-,28?,30+;. The van der Waals surface area contributed by atoms with Crippen LogP contribution in [0.3, 0.4) is 0 Å². The zero-order chi connectivity index (χ0) is 30.4. The largest absolute Gasteiger partial charge is 0.378 e. The Morgan fingerprint density at radius 3 is 2.37 bits per heavy atom. The van der Waals surface area contributed by atoms with Gasteiger partial charge < -0.3 is 15.4 Å². The lowest BCUT2D eigenvalue weighted by Crippen LogP contribution is -2.57. The van der Waals surface area contributed by atoms with Gasteiger partial charge in [-0.15, -0.1) is 12.4 Å². The van der Waals surface area contributed by atoms with E-state index in [4.69, 9.17) is 4.74 Å². The highest BCUT2D eigenvalue weighted by Crippen LogP contribution is 2.39. The van der Waals surface area contributed by atoms with Crippen LogP contribution in [-0.4, -0.2) is 61.1 Å². The number of halogens is 4. The van der Waals surface area contributed by atoms with Gasteiger partial charge in [0, 0.05) is 25.3 Å². The van der Waals surface area contributed by atoms with E-state index >= 15 is 0 Å². The molecule has 2 aromatic carbocycles. The first kappa shape index (κ1) is 33.6. The van der Waals surface area contributed by atoms with Crippen molar-refractivity contribution in [1.29, 1.82) is 5.26 Å². The van der Waals surface area contributed by atoms with Gasteiger partial charge in [0.05, 0.1) is 30.3 Å². The molecule has 13 heteroatoms. The molecule has 1 aliphatic carbocycles. The Labute approximate surface area is 254 Å². The molecule has 230 valence electrons. The summed E-state index contributed by atoms with van der Waals surface area (Å²) >= 11 is 0. The van der Waals surface area contributed by atoms with Crippen LogP contribution < -0.4 is 10.6 Å². The Morgan fingerprint density at radius 2 is 1.84 bits per heavy atom. The summed E-state index contributed by atoms with van der Waals surface area (Å²) in [5.74, 6) is -5.26. The normalized spacial score (nSPS) is 21.9. The molecule has 4 rings (SSSR count). The third-order valence-electron chi connectivity index (χ3n) is 7.85. The molecule has 2 aromatic rings. The van der Waals surface area contributed by atoms with E-state index in [1.807, 2.05) is 30.3 Å². The monoisotopic (exact) mass is 619 g/mol. The van der Waals surface area contributed by atoms with Crippen LogP contribution in [0.1, 0.15) is 49.8 Å². The lowest BCUT2D eigenvalue weighted by atomic mass is 9.69. The van der Waals surface area contributed by atoms with Crippen LogP contribution in [0.15, 0.2) is 53.7 Å². The molecular formula is C30H33ClF3N5O4. The second-order valence-electron chi connectivity index (χ2n) is 10.4. The van der Waals surface area contributed by atoms with Gasteiger partial charge >= 0.3 is 6.03 Å². The molecule has 43 heavy (non-hydrogen) atoms. The molecule has 9 nitrogen and oxygen atoms in total. The van der Waals surface area contributed by atoms with Gasteiger partial charge in [0.2, 0.25) is 6.41 Å². The highest BCUT2D eigenvalue weighted by Gasteiger charge is 2.42. The van der Waals surface area contributed by atoms with Crippen LogP contribution in [0.5, 0.6) is 0 Å². The summed E-state index contributed by atoms with van der Waals surface area (Å²) in [5, 5.41) is 17.7. The van der Waals surface area contributed by atoms with Crippen molar-refractivity contribution < 1.29 is 32.3 Å². The number of nitrogens with zero attached hydrogens (tertiary/aromatic N) is 3. The number of hydrogen-bond acceptors (Lipinski definition) is 6. The Bertz CT molecular complexity index is 1390. The summed E-state index contributed by atoms with van der Waals surface area (Å²) in [5.41, 5.74) is 0.175. The number of methoxy groups -OCH3 is 1. The van der Waals surface area contributed by atoms with Gasteiger partial charge in [-0.05, 0) is 55.9 Å². The summed E-state index contributed by atoms with van der Waals surface area (Å²) in [6, 6.07) is 11.3. The maximum absolute atomic E-state index is 14.3. The predicted molar refractivity (Wildman–Crippen MR) is 153 cm³/mol. The molecule has 2 aliphatic rings. The first-order valence-electron chi connectivity index (χ1n) is 13.5. The topological polar surface area (TPSA) is 115 Å². The maximum Gasteiger partial charge on any atom is 0.341 e. The van der Waals surface area contributed by atoms with Crippen molar-refractivity contribution in [2.45, 2.75) is 50.1 Å². The number of amides is 3. The fourth-order valence-corrected chi connectivity index (χ4v) is 5.76. The minimum Gasteiger partial charge on any atom is -0.378 e. The molecule has 1 saturated carbocycles. The molecule has 0 spiro atoms. The zero-order valence-electron chi connectivity index (χ0n) is 23.7. The van der Waals surface area contributed by atoms with Crippen molar-refractivity contribution in [1.82, 2.24) is 20.7 Å². The van der Waals surface area contributed by atoms with Crippen LogP contribution in [-0.2, 0) is 19.7 Å². The molecule has 0 radical (unpaired) electrons. The number of Topliss-reactive ketones (excluding diaryl/α,β-unsaturated/α-hetero) is 1. The highest BCUT2D eigenvalue weighted by atomic mass is 35.5. The summed E-state index contributed by atoms with van der Waals surface area (Å²) in [6.45, 7) is 1.20. The minimum absolute atomic E-state index is 0. The molecule has 3 amide bonds.